The molecule has 2 N–H and O–H groups in total. The van der Waals surface area contributed by atoms with Gasteiger partial charge in [0.2, 0.25) is 5.91 Å². The normalized spacial score (nSPS) is 10.5. The van der Waals surface area contributed by atoms with E-state index in [-0.39, 0.29) is 5.91 Å². The Morgan fingerprint density at radius 3 is 2.35 bits per heavy atom. The summed E-state index contributed by atoms with van der Waals surface area (Å²) in [6, 6.07) is 19.4. The van der Waals surface area contributed by atoms with E-state index in [2.05, 4.69) is 29.7 Å². The number of amides is 1. The number of rotatable bonds is 9. The molecule has 31 heavy (non-hydrogen) atoms. The van der Waals surface area contributed by atoms with Gasteiger partial charge in [0.25, 0.3) is 0 Å². The molecule has 0 bridgehead atoms. The van der Waals surface area contributed by atoms with Gasteiger partial charge >= 0.3 is 0 Å². The van der Waals surface area contributed by atoms with Crippen LogP contribution in [0.1, 0.15) is 30.5 Å². The number of ether oxygens (including phenoxy) is 2. The predicted molar refractivity (Wildman–Crippen MR) is 126 cm³/mol. The molecule has 0 saturated carbocycles. The molecule has 0 unspecified atom stereocenters. The maximum atomic E-state index is 11.1. The molecule has 3 aromatic carbocycles. The fraction of sp³-hybridized carbons (Fsp3) is 0.240. The zero-order valence-corrected chi connectivity index (χ0v) is 18.8. The van der Waals surface area contributed by atoms with Gasteiger partial charge in [-0.3, -0.25) is 4.79 Å². The van der Waals surface area contributed by atoms with Crippen molar-refractivity contribution in [3.8, 4) is 11.5 Å². The molecule has 0 aromatic heterocycles. The van der Waals surface area contributed by atoms with E-state index in [4.69, 9.17) is 21.1 Å². The van der Waals surface area contributed by atoms with Crippen molar-refractivity contribution in [1.82, 2.24) is 0 Å². The van der Waals surface area contributed by atoms with Crippen molar-refractivity contribution < 1.29 is 14.3 Å². The molecule has 6 heteroatoms. The van der Waals surface area contributed by atoms with Crippen molar-refractivity contribution in [3.05, 3.63) is 82.4 Å². The van der Waals surface area contributed by atoms with Crippen LogP contribution >= 0.6 is 11.6 Å². The van der Waals surface area contributed by atoms with Gasteiger partial charge in [-0.25, -0.2) is 0 Å². The Bertz CT molecular complexity index is 1040. The van der Waals surface area contributed by atoms with Gasteiger partial charge in [-0.2, -0.15) is 0 Å². The van der Waals surface area contributed by atoms with E-state index in [9.17, 15) is 4.79 Å². The van der Waals surface area contributed by atoms with Gasteiger partial charge in [0.1, 0.15) is 6.61 Å². The smallest absolute Gasteiger partial charge is 0.221 e. The van der Waals surface area contributed by atoms with Gasteiger partial charge in [-0.1, -0.05) is 41.4 Å². The molecule has 3 aromatic rings. The summed E-state index contributed by atoms with van der Waals surface area (Å²) >= 11 is 6.53. The molecule has 3 rings (SSSR count). The first-order valence-corrected chi connectivity index (χ1v) is 10.6. The summed E-state index contributed by atoms with van der Waals surface area (Å²) in [4.78, 5) is 11.1. The lowest BCUT2D eigenvalue weighted by atomic mass is 10.1. The number of nitrogens with one attached hydrogen (secondary N) is 2. The van der Waals surface area contributed by atoms with Gasteiger partial charge in [-0.15, -0.1) is 0 Å². The zero-order chi connectivity index (χ0) is 22.2. The molecule has 0 radical (unpaired) electrons. The lowest BCUT2D eigenvalue weighted by Crippen LogP contribution is -2.06. The molecule has 162 valence electrons. The molecule has 0 fully saturated rings. The van der Waals surface area contributed by atoms with Crippen LogP contribution in [-0.2, 0) is 17.9 Å². The fourth-order valence-electron chi connectivity index (χ4n) is 3.13. The first kappa shape index (κ1) is 22.5. The van der Waals surface area contributed by atoms with E-state index in [0.717, 1.165) is 22.5 Å². The van der Waals surface area contributed by atoms with Crippen LogP contribution in [0.3, 0.4) is 0 Å². The second-order valence-corrected chi connectivity index (χ2v) is 7.62. The van der Waals surface area contributed by atoms with Gasteiger partial charge in [0.05, 0.1) is 6.61 Å². The number of anilines is 2. The number of halogens is 1. The summed E-state index contributed by atoms with van der Waals surface area (Å²) in [6.45, 7) is 6.97. The summed E-state index contributed by atoms with van der Waals surface area (Å²) in [5, 5.41) is 6.69. The Hall–Kier alpha value is -3.18. The number of carbonyl (C=O) groups excluding carboxylic acids is 1. The summed E-state index contributed by atoms with van der Waals surface area (Å²) < 4.78 is 11.8. The second-order valence-electron chi connectivity index (χ2n) is 7.21. The molecule has 0 aliphatic heterocycles. The largest absolute Gasteiger partial charge is 0.490 e. The fourth-order valence-corrected chi connectivity index (χ4v) is 3.35. The van der Waals surface area contributed by atoms with Crippen LogP contribution in [0, 0.1) is 6.92 Å². The van der Waals surface area contributed by atoms with Crippen LogP contribution in [0.5, 0.6) is 11.5 Å². The molecular formula is C25H27ClN2O3. The monoisotopic (exact) mass is 438 g/mol. The quantitative estimate of drug-likeness (QED) is 0.417. The van der Waals surface area contributed by atoms with Crippen molar-refractivity contribution in [2.75, 3.05) is 17.2 Å². The number of benzene rings is 3. The minimum atomic E-state index is -0.0966. The zero-order valence-electron chi connectivity index (χ0n) is 18.0. The Balaban J connectivity index is 1.69. The van der Waals surface area contributed by atoms with Crippen LogP contribution in [0.2, 0.25) is 5.02 Å². The number of hydrogen-bond donors (Lipinski definition) is 2. The van der Waals surface area contributed by atoms with Crippen molar-refractivity contribution in [2.24, 2.45) is 0 Å². The van der Waals surface area contributed by atoms with Crippen LogP contribution in [0.4, 0.5) is 11.4 Å². The van der Waals surface area contributed by atoms with Crippen LogP contribution < -0.4 is 20.1 Å². The highest BCUT2D eigenvalue weighted by Gasteiger charge is 2.12. The summed E-state index contributed by atoms with van der Waals surface area (Å²) in [5.74, 6) is 1.19. The Morgan fingerprint density at radius 2 is 1.68 bits per heavy atom. The molecule has 5 nitrogen and oxygen atoms in total. The van der Waals surface area contributed by atoms with Gasteiger partial charge in [0, 0.05) is 35.9 Å². The highest BCUT2D eigenvalue weighted by Crippen LogP contribution is 2.34. The molecule has 0 aliphatic rings. The average Bonchev–Trinajstić information content (AvgIpc) is 2.73. The molecule has 0 heterocycles. The van der Waals surface area contributed by atoms with Crippen molar-refractivity contribution in [1.29, 1.82) is 0 Å². The van der Waals surface area contributed by atoms with E-state index < -0.39 is 0 Å². The summed E-state index contributed by atoms with van der Waals surface area (Å²) in [5.41, 5.74) is 4.86. The summed E-state index contributed by atoms with van der Waals surface area (Å²) in [6.07, 6.45) is 0. The first-order chi connectivity index (χ1) is 14.9. The van der Waals surface area contributed by atoms with Crippen molar-refractivity contribution >= 4 is 28.9 Å². The van der Waals surface area contributed by atoms with E-state index >= 15 is 0 Å². The molecule has 0 atom stereocenters. The van der Waals surface area contributed by atoms with Crippen LogP contribution in [0.25, 0.3) is 0 Å². The minimum Gasteiger partial charge on any atom is -0.490 e. The third-order valence-electron chi connectivity index (χ3n) is 4.58. The average molecular weight is 439 g/mol. The molecule has 1 amide bonds. The summed E-state index contributed by atoms with van der Waals surface area (Å²) in [7, 11) is 0. The number of carbonyl (C=O) groups is 1. The van der Waals surface area contributed by atoms with E-state index in [1.807, 2.05) is 49.4 Å². The van der Waals surface area contributed by atoms with E-state index in [0.29, 0.717) is 36.3 Å². The number of aryl methyl sites for hydroxylation is 1. The predicted octanol–water partition coefficient (Wildman–Crippen LogP) is 6.20. The topological polar surface area (TPSA) is 59.6 Å². The highest BCUT2D eigenvalue weighted by atomic mass is 35.5. The third kappa shape index (κ3) is 6.66. The van der Waals surface area contributed by atoms with Gasteiger partial charge in [-0.05, 0) is 55.3 Å². The van der Waals surface area contributed by atoms with E-state index in [1.165, 1.54) is 12.5 Å². The SMILES string of the molecule is CCOc1cc(CNc2ccc(NC(C)=O)cc2)c(Cl)cc1OCc1cccc(C)c1. The molecule has 0 spiro atoms. The second kappa shape index (κ2) is 10.7. The first-order valence-electron chi connectivity index (χ1n) is 10.2. The maximum absolute atomic E-state index is 11.1. The van der Waals surface area contributed by atoms with Crippen LogP contribution in [-0.4, -0.2) is 12.5 Å². The van der Waals surface area contributed by atoms with Gasteiger partial charge in [0.15, 0.2) is 11.5 Å². The van der Waals surface area contributed by atoms with Gasteiger partial charge < -0.3 is 20.1 Å². The molecule has 0 aliphatic carbocycles. The lowest BCUT2D eigenvalue weighted by Gasteiger charge is -2.16. The van der Waals surface area contributed by atoms with E-state index in [1.54, 1.807) is 6.07 Å². The molecule has 0 saturated heterocycles. The lowest BCUT2D eigenvalue weighted by molar-refractivity contribution is -0.114. The minimum absolute atomic E-state index is 0.0966. The maximum Gasteiger partial charge on any atom is 0.221 e. The Morgan fingerprint density at radius 1 is 0.968 bits per heavy atom. The van der Waals surface area contributed by atoms with Crippen LogP contribution in [0.15, 0.2) is 60.7 Å². The molecular weight excluding hydrogens is 412 g/mol. The number of hydrogen-bond acceptors (Lipinski definition) is 4. The Kier molecular flexibility index (Phi) is 7.79. The van der Waals surface area contributed by atoms with Crippen molar-refractivity contribution in [2.45, 2.75) is 33.9 Å². The standard InChI is InChI=1S/C25H27ClN2O3/c1-4-30-24-13-20(15-27-21-8-10-22(11-9-21)28-18(3)29)23(26)14-25(24)31-16-19-7-5-6-17(2)12-19/h5-14,27H,4,15-16H2,1-3H3,(H,28,29). The Labute approximate surface area is 188 Å². The highest BCUT2D eigenvalue weighted by molar-refractivity contribution is 6.31. The van der Waals surface area contributed by atoms with Crippen molar-refractivity contribution in [3.63, 3.8) is 0 Å². The third-order valence-corrected chi connectivity index (χ3v) is 4.93.